The average molecular weight is 430 g/mol. The Morgan fingerprint density at radius 2 is 1.97 bits per heavy atom. The number of aromatic nitrogens is 4. The molecule has 5 heterocycles. The third kappa shape index (κ3) is 3.04. The largest absolute Gasteiger partial charge is 0.346 e. The predicted octanol–water partition coefficient (Wildman–Crippen LogP) is 5.78. The molecule has 0 aliphatic carbocycles. The number of hydrogen-bond acceptors (Lipinski definition) is 4. The zero-order valence-electron chi connectivity index (χ0n) is 17.3. The Hall–Kier alpha value is -2.32. The van der Waals surface area contributed by atoms with Crippen molar-refractivity contribution in [2.24, 2.45) is 0 Å². The van der Waals surface area contributed by atoms with E-state index in [1.807, 2.05) is 13.1 Å². The van der Waals surface area contributed by atoms with Gasteiger partial charge in [0.05, 0.1) is 5.69 Å². The summed E-state index contributed by atoms with van der Waals surface area (Å²) in [7, 11) is 0. The third-order valence-electron chi connectivity index (χ3n) is 6.10. The lowest BCUT2D eigenvalue weighted by molar-refractivity contribution is 0.151. The number of aryl methyl sites for hydroxylation is 1. The fraction of sp³-hybridized carbons (Fsp3) is 0.455. The van der Waals surface area contributed by atoms with E-state index in [1.165, 1.54) is 17.7 Å². The maximum atomic E-state index is 14.4. The number of H-pyrrole nitrogens is 1. The summed E-state index contributed by atoms with van der Waals surface area (Å²) >= 11 is 1.52. The van der Waals surface area contributed by atoms with Gasteiger partial charge in [-0.2, -0.15) is 5.10 Å². The molecule has 5 rings (SSSR count). The molecular formula is C22H25F2N5S. The van der Waals surface area contributed by atoms with Gasteiger partial charge in [0.1, 0.15) is 11.2 Å². The average Bonchev–Trinajstić information content (AvgIpc) is 3.41. The first-order valence-corrected chi connectivity index (χ1v) is 11.2. The van der Waals surface area contributed by atoms with Crippen molar-refractivity contribution in [3.63, 3.8) is 0 Å². The lowest BCUT2D eigenvalue weighted by atomic mass is 9.90. The zero-order valence-corrected chi connectivity index (χ0v) is 18.1. The Morgan fingerprint density at radius 3 is 2.67 bits per heavy atom. The van der Waals surface area contributed by atoms with E-state index in [1.54, 1.807) is 4.52 Å². The Bertz CT molecular complexity index is 1210. The van der Waals surface area contributed by atoms with Crippen LogP contribution in [0.2, 0.25) is 0 Å². The van der Waals surface area contributed by atoms with Gasteiger partial charge in [-0.15, -0.1) is 11.3 Å². The number of alkyl halides is 2. The van der Waals surface area contributed by atoms with E-state index in [0.29, 0.717) is 0 Å². The number of pyridine rings is 1. The van der Waals surface area contributed by atoms with Crippen molar-refractivity contribution in [1.82, 2.24) is 24.9 Å². The van der Waals surface area contributed by atoms with Gasteiger partial charge in [-0.1, -0.05) is 13.8 Å². The van der Waals surface area contributed by atoms with Gasteiger partial charge in [-0.05, 0) is 61.9 Å². The fourth-order valence-corrected chi connectivity index (χ4v) is 6.16. The molecule has 4 aromatic rings. The topological polar surface area (TPSA) is 58.0 Å². The van der Waals surface area contributed by atoms with Gasteiger partial charge in [-0.3, -0.25) is 0 Å². The van der Waals surface area contributed by atoms with Crippen molar-refractivity contribution in [3.8, 4) is 11.3 Å². The van der Waals surface area contributed by atoms with E-state index in [0.717, 1.165) is 69.1 Å². The number of fused-ring (bicyclic) bond motifs is 2. The highest BCUT2D eigenvalue weighted by atomic mass is 32.1. The minimum atomic E-state index is -2.48. The first-order valence-electron chi connectivity index (χ1n) is 10.4. The second-order valence-electron chi connectivity index (χ2n) is 8.42. The summed E-state index contributed by atoms with van der Waals surface area (Å²) in [6.07, 6.45) is 2.79. The van der Waals surface area contributed by atoms with Crippen LogP contribution >= 0.6 is 11.3 Å². The molecule has 0 bridgehead atoms. The van der Waals surface area contributed by atoms with Gasteiger partial charge >= 0.3 is 0 Å². The number of nitrogens with one attached hydrogen (secondary N) is 2. The fourth-order valence-electron chi connectivity index (χ4n) is 4.76. The summed E-state index contributed by atoms with van der Waals surface area (Å²) in [4.78, 5) is 9.51. The van der Waals surface area contributed by atoms with Gasteiger partial charge in [0.2, 0.25) is 0 Å². The van der Waals surface area contributed by atoms with Crippen LogP contribution in [0, 0.1) is 6.92 Å². The van der Waals surface area contributed by atoms with Crippen LogP contribution in [0.3, 0.4) is 0 Å². The van der Waals surface area contributed by atoms with E-state index >= 15 is 0 Å². The second-order valence-corrected chi connectivity index (χ2v) is 9.47. The molecule has 0 amide bonds. The molecule has 5 nitrogen and oxygen atoms in total. The van der Waals surface area contributed by atoms with Crippen LogP contribution in [-0.2, 0) is 0 Å². The van der Waals surface area contributed by atoms with Gasteiger partial charge in [0.25, 0.3) is 6.43 Å². The summed E-state index contributed by atoms with van der Waals surface area (Å²) in [5.41, 5.74) is 4.87. The molecule has 8 heteroatoms. The molecule has 0 aromatic carbocycles. The van der Waals surface area contributed by atoms with Crippen molar-refractivity contribution in [1.29, 1.82) is 0 Å². The number of hydrogen-bond donors (Lipinski definition) is 2. The van der Waals surface area contributed by atoms with Crippen LogP contribution in [0.15, 0.2) is 18.6 Å². The van der Waals surface area contributed by atoms with E-state index in [4.69, 9.17) is 0 Å². The quantitative estimate of drug-likeness (QED) is 0.433. The molecule has 0 saturated carbocycles. The first-order chi connectivity index (χ1) is 14.5. The van der Waals surface area contributed by atoms with E-state index in [2.05, 4.69) is 40.3 Å². The van der Waals surface area contributed by atoms with Crippen LogP contribution in [-0.4, -0.2) is 32.7 Å². The highest BCUT2D eigenvalue weighted by Gasteiger charge is 2.31. The van der Waals surface area contributed by atoms with Crippen LogP contribution < -0.4 is 5.32 Å². The Labute approximate surface area is 177 Å². The summed E-state index contributed by atoms with van der Waals surface area (Å²) in [5.74, 6) is 0.312. The Morgan fingerprint density at radius 1 is 1.20 bits per heavy atom. The predicted molar refractivity (Wildman–Crippen MR) is 117 cm³/mol. The molecule has 1 aliphatic heterocycles. The molecule has 4 aromatic heterocycles. The molecule has 1 saturated heterocycles. The number of halogens is 2. The molecule has 2 N–H and O–H groups in total. The van der Waals surface area contributed by atoms with Gasteiger partial charge in [0.15, 0.2) is 5.65 Å². The first kappa shape index (κ1) is 19.6. The molecule has 1 fully saturated rings. The number of nitrogens with zero attached hydrogens (tertiary/aromatic N) is 3. The van der Waals surface area contributed by atoms with Crippen LogP contribution in [0.1, 0.15) is 66.5 Å². The van der Waals surface area contributed by atoms with Crippen LogP contribution in [0.5, 0.6) is 0 Å². The molecule has 158 valence electrons. The monoisotopic (exact) mass is 429 g/mol. The summed E-state index contributed by atoms with van der Waals surface area (Å²) in [6, 6.07) is 2.06. The number of piperidine rings is 1. The number of aromatic amines is 1. The van der Waals surface area contributed by atoms with Crippen molar-refractivity contribution < 1.29 is 8.78 Å². The van der Waals surface area contributed by atoms with Crippen molar-refractivity contribution in [3.05, 3.63) is 40.2 Å². The smallest absolute Gasteiger partial charge is 0.265 e. The maximum Gasteiger partial charge on any atom is 0.265 e. The van der Waals surface area contributed by atoms with Crippen LogP contribution in [0.25, 0.3) is 27.1 Å². The van der Waals surface area contributed by atoms with Crippen LogP contribution in [0.4, 0.5) is 8.78 Å². The van der Waals surface area contributed by atoms with Gasteiger partial charge in [-0.25, -0.2) is 18.3 Å². The summed E-state index contributed by atoms with van der Waals surface area (Å²) in [5, 5.41) is 8.33. The highest BCUT2D eigenvalue weighted by molar-refractivity contribution is 7.19. The normalized spacial score (nSPS) is 16.0. The molecule has 0 radical (unpaired) electrons. The minimum absolute atomic E-state index is 0.105. The molecule has 0 spiro atoms. The SMILES string of the molecule is Cc1cc(-c2[nH]c3sc(C4CCNCC4)c(C(F)F)c3c2C(C)C)cn2ncnc12. The molecule has 1 aliphatic rings. The Balaban J connectivity index is 1.74. The molecule has 30 heavy (non-hydrogen) atoms. The molecular weight excluding hydrogens is 404 g/mol. The van der Waals surface area contributed by atoms with E-state index < -0.39 is 6.43 Å². The third-order valence-corrected chi connectivity index (χ3v) is 7.39. The summed E-state index contributed by atoms with van der Waals surface area (Å²) in [6.45, 7) is 7.92. The molecule has 0 atom stereocenters. The highest BCUT2D eigenvalue weighted by Crippen LogP contribution is 2.48. The maximum absolute atomic E-state index is 14.4. The zero-order chi connectivity index (χ0) is 21.0. The van der Waals surface area contributed by atoms with Crippen molar-refractivity contribution >= 4 is 27.2 Å². The van der Waals surface area contributed by atoms with E-state index in [-0.39, 0.29) is 17.4 Å². The van der Waals surface area contributed by atoms with Crippen molar-refractivity contribution in [2.45, 2.75) is 51.9 Å². The van der Waals surface area contributed by atoms with E-state index in [9.17, 15) is 8.78 Å². The van der Waals surface area contributed by atoms with Gasteiger partial charge in [0, 0.05) is 27.6 Å². The lowest BCUT2D eigenvalue weighted by Gasteiger charge is -2.23. The van der Waals surface area contributed by atoms with Gasteiger partial charge < -0.3 is 10.3 Å². The minimum Gasteiger partial charge on any atom is -0.346 e. The summed E-state index contributed by atoms with van der Waals surface area (Å²) < 4.78 is 30.5. The number of rotatable bonds is 4. The Kier molecular flexibility index (Phi) is 4.86. The lowest BCUT2D eigenvalue weighted by Crippen LogP contribution is -2.26. The number of thiophene rings is 1. The second kappa shape index (κ2) is 7.42. The molecule has 0 unspecified atom stereocenters. The van der Waals surface area contributed by atoms with Crippen molar-refractivity contribution in [2.75, 3.05) is 13.1 Å². The standard InChI is InChI=1S/C22H25F2N5S/c1-11(2)15-16-17(20(23)24)19(13-4-6-25-7-5-13)30-22(16)28-18(15)14-8-12(3)21-26-10-27-29(21)9-14/h8-11,13,20,25,28H,4-7H2,1-3H3.